The predicted octanol–water partition coefficient (Wildman–Crippen LogP) is 3.35. The van der Waals surface area contributed by atoms with E-state index in [1.807, 2.05) is 0 Å². The zero-order chi connectivity index (χ0) is 19.9. The van der Waals surface area contributed by atoms with Crippen LogP contribution in [0.1, 0.15) is 52.7 Å². The molecule has 150 valence electrons. The number of aromatic nitrogens is 1. The van der Waals surface area contributed by atoms with Crippen molar-refractivity contribution in [2.45, 2.75) is 39.1 Å². The van der Waals surface area contributed by atoms with E-state index in [4.69, 9.17) is 18.6 Å². The molecule has 0 N–H and O–H groups in total. The molecule has 0 radical (unpaired) electrons. The minimum atomic E-state index is -0.542. The second-order valence-corrected chi connectivity index (χ2v) is 6.25. The van der Waals surface area contributed by atoms with Crippen LogP contribution in [0.25, 0.3) is 11.3 Å². The van der Waals surface area contributed by atoms with Gasteiger partial charge >= 0.3 is 11.9 Å². The van der Waals surface area contributed by atoms with Crippen LogP contribution in [0.2, 0.25) is 0 Å². The summed E-state index contributed by atoms with van der Waals surface area (Å²) in [6, 6.07) is 4.84. The molecule has 1 aliphatic rings. The number of methoxy groups -OCH3 is 1. The Morgan fingerprint density at radius 3 is 2.79 bits per heavy atom. The summed E-state index contributed by atoms with van der Waals surface area (Å²) in [5.74, 6) is -0.643. The molecule has 0 spiro atoms. The Kier molecular flexibility index (Phi) is 6.78. The monoisotopic (exact) mass is 389 g/mol. The molecular formula is C20H23NO7. The summed E-state index contributed by atoms with van der Waals surface area (Å²) in [7, 11) is 1.29. The maximum absolute atomic E-state index is 12.2. The molecule has 2 aromatic heterocycles. The SMILES string of the molecule is CCOC(=O)c1cc(-c2cc(C(=O)OC)co2)cc(COC2CCCCO2)n1. The van der Waals surface area contributed by atoms with E-state index in [1.165, 1.54) is 13.4 Å². The van der Waals surface area contributed by atoms with Crippen molar-refractivity contribution in [3.8, 4) is 11.3 Å². The number of ether oxygens (including phenoxy) is 4. The van der Waals surface area contributed by atoms with Gasteiger partial charge < -0.3 is 23.4 Å². The van der Waals surface area contributed by atoms with Gasteiger partial charge in [-0.05, 0) is 44.4 Å². The number of pyridine rings is 1. The van der Waals surface area contributed by atoms with E-state index in [2.05, 4.69) is 9.72 Å². The highest BCUT2D eigenvalue weighted by Gasteiger charge is 2.18. The van der Waals surface area contributed by atoms with Crippen LogP contribution in [-0.4, -0.2) is 43.5 Å². The average molecular weight is 389 g/mol. The fraction of sp³-hybridized carbons (Fsp3) is 0.450. The van der Waals surface area contributed by atoms with Crippen LogP contribution in [0, 0.1) is 0 Å². The van der Waals surface area contributed by atoms with Gasteiger partial charge in [-0.3, -0.25) is 0 Å². The van der Waals surface area contributed by atoms with E-state index in [0.717, 1.165) is 19.3 Å². The first-order chi connectivity index (χ1) is 13.6. The average Bonchev–Trinajstić information content (AvgIpc) is 3.23. The van der Waals surface area contributed by atoms with E-state index in [9.17, 15) is 9.59 Å². The molecule has 3 rings (SSSR count). The van der Waals surface area contributed by atoms with E-state index in [1.54, 1.807) is 25.1 Å². The molecule has 1 saturated heterocycles. The highest BCUT2D eigenvalue weighted by molar-refractivity contribution is 5.91. The molecule has 2 aromatic rings. The van der Waals surface area contributed by atoms with Gasteiger partial charge in [0.1, 0.15) is 17.7 Å². The Morgan fingerprint density at radius 2 is 2.07 bits per heavy atom. The Bertz CT molecular complexity index is 824. The molecule has 3 heterocycles. The number of carbonyl (C=O) groups excluding carboxylic acids is 2. The third kappa shape index (κ3) is 4.96. The van der Waals surface area contributed by atoms with Crippen LogP contribution in [0.5, 0.6) is 0 Å². The van der Waals surface area contributed by atoms with Gasteiger partial charge in [-0.25, -0.2) is 14.6 Å². The van der Waals surface area contributed by atoms with E-state index in [-0.39, 0.29) is 30.8 Å². The van der Waals surface area contributed by atoms with E-state index in [0.29, 0.717) is 23.6 Å². The van der Waals surface area contributed by atoms with Crippen molar-refractivity contribution in [2.24, 2.45) is 0 Å². The first kappa shape index (κ1) is 20.0. The lowest BCUT2D eigenvalue weighted by molar-refractivity contribution is -0.169. The molecule has 28 heavy (non-hydrogen) atoms. The van der Waals surface area contributed by atoms with Crippen LogP contribution in [0.4, 0.5) is 0 Å². The quantitative estimate of drug-likeness (QED) is 0.665. The van der Waals surface area contributed by atoms with Gasteiger partial charge in [0.2, 0.25) is 0 Å². The Balaban J connectivity index is 1.85. The second kappa shape index (κ2) is 9.48. The number of carbonyl (C=O) groups is 2. The van der Waals surface area contributed by atoms with Crippen LogP contribution in [-0.2, 0) is 25.6 Å². The molecular weight excluding hydrogens is 366 g/mol. The summed E-state index contributed by atoms with van der Waals surface area (Å²) in [5, 5.41) is 0. The second-order valence-electron chi connectivity index (χ2n) is 6.25. The first-order valence-corrected chi connectivity index (χ1v) is 9.19. The third-order valence-corrected chi connectivity index (χ3v) is 4.22. The van der Waals surface area contributed by atoms with Gasteiger partial charge in [-0.2, -0.15) is 0 Å². The molecule has 1 unspecified atom stereocenters. The first-order valence-electron chi connectivity index (χ1n) is 9.19. The number of nitrogens with zero attached hydrogens (tertiary/aromatic N) is 1. The zero-order valence-electron chi connectivity index (χ0n) is 15.9. The minimum absolute atomic E-state index is 0.138. The molecule has 8 heteroatoms. The van der Waals surface area contributed by atoms with Gasteiger partial charge in [0.15, 0.2) is 6.29 Å². The summed E-state index contributed by atoms with van der Waals surface area (Å²) in [6.45, 7) is 2.81. The molecule has 1 fully saturated rings. The summed E-state index contributed by atoms with van der Waals surface area (Å²) < 4.78 is 26.6. The van der Waals surface area contributed by atoms with Crippen molar-refractivity contribution in [2.75, 3.05) is 20.3 Å². The van der Waals surface area contributed by atoms with Crippen molar-refractivity contribution in [1.29, 1.82) is 0 Å². The van der Waals surface area contributed by atoms with Crippen molar-refractivity contribution >= 4 is 11.9 Å². The van der Waals surface area contributed by atoms with Crippen molar-refractivity contribution in [3.05, 3.63) is 41.4 Å². The maximum atomic E-state index is 12.2. The molecule has 0 aromatic carbocycles. The highest BCUT2D eigenvalue weighted by Crippen LogP contribution is 2.25. The number of rotatable bonds is 7. The molecule has 1 atom stereocenters. The van der Waals surface area contributed by atoms with E-state index < -0.39 is 11.9 Å². The summed E-state index contributed by atoms with van der Waals surface area (Å²) in [6.07, 6.45) is 3.93. The smallest absolute Gasteiger partial charge is 0.356 e. The van der Waals surface area contributed by atoms with Crippen LogP contribution < -0.4 is 0 Å². The van der Waals surface area contributed by atoms with Crippen molar-refractivity contribution in [1.82, 2.24) is 4.98 Å². The Hall–Kier alpha value is -2.71. The topological polar surface area (TPSA) is 97.1 Å². The third-order valence-electron chi connectivity index (χ3n) is 4.22. The molecule has 0 saturated carbocycles. The largest absolute Gasteiger partial charge is 0.465 e. The predicted molar refractivity (Wildman–Crippen MR) is 97.6 cm³/mol. The molecule has 8 nitrogen and oxygen atoms in total. The van der Waals surface area contributed by atoms with Gasteiger partial charge in [-0.15, -0.1) is 0 Å². The van der Waals surface area contributed by atoms with Crippen LogP contribution in [0.3, 0.4) is 0 Å². The van der Waals surface area contributed by atoms with Crippen molar-refractivity contribution < 1.29 is 33.0 Å². The lowest BCUT2D eigenvalue weighted by Gasteiger charge is -2.22. The molecule has 0 aliphatic carbocycles. The lowest BCUT2D eigenvalue weighted by atomic mass is 10.1. The van der Waals surface area contributed by atoms with Crippen LogP contribution >= 0.6 is 0 Å². The van der Waals surface area contributed by atoms with E-state index >= 15 is 0 Å². The summed E-state index contributed by atoms with van der Waals surface area (Å²) in [5.41, 5.74) is 1.53. The van der Waals surface area contributed by atoms with Crippen molar-refractivity contribution in [3.63, 3.8) is 0 Å². The number of furan rings is 1. The number of esters is 2. The fourth-order valence-corrected chi connectivity index (χ4v) is 2.85. The number of hydrogen-bond acceptors (Lipinski definition) is 8. The standard InChI is InChI=1S/C20H23NO7/c1-3-25-20(23)16-9-13(17-10-14(11-27-17)19(22)24-2)8-15(21-16)12-28-18-6-4-5-7-26-18/h8-11,18H,3-7,12H2,1-2H3. The Morgan fingerprint density at radius 1 is 1.21 bits per heavy atom. The van der Waals surface area contributed by atoms with Gasteiger partial charge in [0, 0.05) is 12.2 Å². The zero-order valence-corrected chi connectivity index (χ0v) is 15.9. The van der Waals surface area contributed by atoms with Crippen LogP contribution in [0.15, 0.2) is 28.9 Å². The molecule has 1 aliphatic heterocycles. The molecule has 0 bridgehead atoms. The lowest BCUT2D eigenvalue weighted by Crippen LogP contribution is -2.22. The van der Waals surface area contributed by atoms with Gasteiger partial charge in [-0.1, -0.05) is 0 Å². The molecule has 0 amide bonds. The number of hydrogen-bond donors (Lipinski definition) is 0. The summed E-state index contributed by atoms with van der Waals surface area (Å²) >= 11 is 0. The fourth-order valence-electron chi connectivity index (χ4n) is 2.85. The summed E-state index contributed by atoms with van der Waals surface area (Å²) in [4.78, 5) is 28.2. The minimum Gasteiger partial charge on any atom is -0.465 e. The highest BCUT2D eigenvalue weighted by atomic mass is 16.7. The normalized spacial score (nSPS) is 16.6. The van der Waals surface area contributed by atoms with Gasteiger partial charge in [0.25, 0.3) is 0 Å². The maximum Gasteiger partial charge on any atom is 0.356 e. The van der Waals surface area contributed by atoms with Gasteiger partial charge in [0.05, 0.1) is 31.6 Å². The Labute approximate surface area is 162 Å².